The van der Waals surface area contributed by atoms with Crippen molar-refractivity contribution in [1.29, 1.82) is 0 Å². The van der Waals surface area contributed by atoms with Crippen LogP contribution in [-0.4, -0.2) is 15.1 Å². The molecular weight excluding hydrogens is 360 g/mol. The number of rotatable bonds is 7. The lowest BCUT2D eigenvalue weighted by Crippen LogP contribution is -2.17. The van der Waals surface area contributed by atoms with E-state index in [9.17, 15) is 9.90 Å². The summed E-state index contributed by atoms with van der Waals surface area (Å²) in [7, 11) is 0. The van der Waals surface area contributed by atoms with Crippen LogP contribution in [0.1, 0.15) is 69.5 Å². The number of aromatic amines is 1. The van der Waals surface area contributed by atoms with E-state index >= 15 is 0 Å². The van der Waals surface area contributed by atoms with Gasteiger partial charge in [0.2, 0.25) is 5.88 Å². The molecule has 0 amide bonds. The maximum Gasteiger partial charge on any atom is 0.258 e. The number of unbranched alkanes of at least 4 members (excludes halogenated alkanes) is 1. The lowest BCUT2D eigenvalue weighted by Gasteiger charge is -2.09. The lowest BCUT2D eigenvalue weighted by molar-refractivity contribution is 0.440. The second-order valence-corrected chi connectivity index (χ2v) is 7.22. The van der Waals surface area contributed by atoms with Crippen LogP contribution < -0.4 is 5.56 Å². The minimum Gasteiger partial charge on any atom is -0.493 e. The molecule has 152 valence electrons. The van der Waals surface area contributed by atoms with E-state index in [4.69, 9.17) is 0 Å². The van der Waals surface area contributed by atoms with Gasteiger partial charge in [-0.05, 0) is 49.1 Å². The smallest absolute Gasteiger partial charge is 0.258 e. The Balaban J connectivity index is 2.31. The third kappa shape index (κ3) is 6.50. The molecular formula is C25H30N2O2. The van der Waals surface area contributed by atoms with Gasteiger partial charge in [-0.2, -0.15) is 0 Å². The zero-order valence-electron chi connectivity index (χ0n) is 17.8. The highest BCUT2D eigenvalue weighted by Crippen LogP contribution is 2.23. The number of hydrogen-bond acceptors (Lipinski definition) is 3. The molecule has 1 heterocycles. The van der Waals surface area contributed by atoms with Crippen molar-refractivity contribution in [1.82, 2.24) is 9.97 Å². The fourth-order valence-electron chi connectivity index (χ4n) is 3.04. The van der Waals surface area contributed by atoms with Crippen LogP contribution in [0.3, 0.4) is 0 Å². The highest BCUT2D eigenvalue weighted by Gasteiger charge is 2.12. The number of aryl methyl sites for hydroxylation is 1. The fraction of sp³-hybridized carbons (Fsp3) is 0.360. The van der Waals surface area contributed by atoms with E-state index in [-0.39, 0.29) is 11.4 Å². The van der Waals surface area contributed by atoms with Crippen molar-refractivity contribution >= 4 is 5.57 Å². The van der Waals surface area contributed by atoms with Gasteiger partial charge in [-0.1, -0.05) is 61.9 Å². The van der Waals surface area contributed by atoms with E-state index in [1.165, 1.54) is 5.57 Å². The Morgan fingerprint density at radius 3 is 2.72 bits per heavy atom. The number of nitrogens with one attached hydrogen (secondary N) is 1. The van der Waals surface area contributed by atoms with Crippen LogP contribution in [0.4, 0.5) is 0 Å². The van der Waals surface area contributed by atoms with Gasteiger partial charge in [-0.25, -0.2) is 4.98 Å². The number of aromatic hydroxyl groups is 1. The molecule has 0 bridgehead atoms. The number of H-pyrrole nitrogens is 1. The monoisotopic (exact) mass is 390 g/mol. The van der Waals surface area contributed by atoms with E-state index in [2.05, 4.69) is 42.6 Å². The van der Waals surface area contributed by atoms with Gasteiger partial charge in [0.1, 0.15) is 5.82 Å². The van der Waals surface area contributed by atoms with Gasteiger partial charge in [-0.3, -0.25) is 4.79 Å². The zero-order chi connectivity index (χ0) is 21.2. The molecule has 0 saturated heterocycles. The van der Waals surface area contributed by atoms with Crippen molar-refractivity contribution in [3.05, 3.63) is 74.9 Å². The molecule has 0 spiro atoms. The lowest BCUT2D eigenvalue weighted by atomic mass is 9.97. The van der Waals surface area contributed by atoms with E-state index in [1.54, 1.807) is 0 Å². The Hall–Kier alpha value is -3.06. The van der Waals surface area contributed by atoms with Crippen LogP contribution in [0.5, 0.6) is 5.88 Å². The molecule has 0 fully saturated rings. The topological polar surface area (TPSA) is 66.0 Å². The molecule has 2 aromatic rings. The third-order valence-corrected chi connectivity index (χ3v) is 4.58. The van der Waals surface area contributed by atoms with Crippen LogP contribution in [0.2, 0.25) is 0 Å². The first-order valence-electron chi connectivity index (χ1n) is 10.2. The van der Waals surface area contributed by atoms with E-state index in [0.29, 0.717) is 24.2 Å². The van der Waals surface area contributed by atoms with E-state index < -0.39 is 0 Å². The van der Waals surface area contributed by atoms with E-state index in [0.717, 1.165) is 36.0 Å². The molecule has 0 unspecified atom stereocenters. The molecule has 0 aliphatic carbocycles. The molecule has 0 aliphatic heterocycles. The first-order chi connectivity index (χ1) is 14.0. The summed E-state index contributed by atoms with van der Waals surface area (Å²) in [6.07, 6.45) is 7.63. The number of aromatic nitrogens is 2. The third-order valence-electron chi connectivity index (χ3n) is 4.58. The molecule has 4 heteroatoms. The molecule has 29 heavy (non-hydrogen) atoms. The van der Waals surface area contributed by atoms with Crippen LogP contribution in [0.25, 0.3) is 5.57 Å². The minimum absolute atomic E-state index is 0.178. The van der Waals surface area contributed by atoms with Gasteiger partial charge in [0.25, 0.3) is 5.56 Å². The molecule has 2 N–H and O–H groups in total. The standard InChI is InChI=1S/C25H30N2O2/c1-5-7-9-10-14-21(18(3)4)20-13-11-12-19(16-20)17-22-24(28)26-23(15-8-6-2)27-25(22)29/h10-14,16H,5-6,8,15,17H2,1-4H3,(H2,26,27,28,29)/b14-10-. The van der Waals surface area contributed by atoms with Crippen molar-refractivity contribution in [2.24, 2.45) is 0 Å². The van der Waals surface area contributed by atoms with Crippen molar-refractivity contribution in [2.75, 3.05) is 0 Å². The predicted molar refractivity (Wildman–Crippen MR) is 120 cm³/mol. The summed E-state index contributed by atoms with van der Waals surface area (Å²) in [5, 5.41) is 10.3. The highest BCUT2D eigenvalue weighted by atomic mass is 16.3. The first-order valence-corrected chi connectivity index (χ1v) is 10.2. The van der Waals surface area contributed by atoms with Crippen LogP contribution in [-0.2, 0) is 12.8 Å². The number of allylic oxidation sites excluding steroid dienone is 4. The molecule has 1 aromatic heterocycles. The zero-order valence-corrected chi connectivity index (χ0v) is 17.8. The largest absolute Gasteiger partial charge is 0.493 e. The molecule has 0 atom stereocenters. The van der Waals surface area contributed by atoms with Gasteiger partial charge in [-0.15, -0.1) is 0 Å². The minimum atomic E-state index is -0.272. The van der Waals surface area contributed by atoms with Gasteiger partial charge in [0, 0.05) is 19.3 Å². The Labute approximate surface area is 173 Å². The summed E-state index contributed by atoms with van der Waals surface area (Å²) in [5.41, 5.74) is 4.30. The Morgan fingerprint density at radius 1 is 1.28 bits per heavy atom. The van der Waals surface area contributed by atoms with Gasteiger partial charge in [0.05, 0.1) is 5.56 Å². The maximum atomic E-state index is 12.5. The summed E-state index contributed by atoms with van der Waals surface area (Å²) < 4.78 is 0. The van der Waals surface area contributed by atoms with Crippen LogP contribution >= 0.6 is 0 Å². The molecule has 0 saturated carbocycles. The molecule has 0 radical (unpaired) electrons. The summed E-state index contributed by atoms with van der Waals surface area (Å²) in [4.78, 5) is 19.4. The average molecular weight is 391 g/mol. The highest BCUT2D eigenvalue weighted by molar-refractivity contribution is 5.77. The molecule has 2 rings (SSSR count). The van der Waals surface area contributed by atoms with Crippen LogP contribution in [0, 0.1) is 11.8 Å². The Morgan fingerprint density at radius 2 is 2.07 bits per heavy atom. The van der Waals surface area contributed by atoms with Gasteiger partial charge >= 0.3 is 0 Å². The van der Waals surface area contributed by atoms with Crippen molar-refractivity contribution in [3.8, 4) is 17.7 Å². The first kappa shape index (κ1) is 22.2. The fourth-order valence-corrected chi connectivity index (χ4v) is 3.04. The second-order valence-electron chi connectivity index (χ2n) is 7.22. The van der Waals surface area contributed by atoms with Crippen molar-refractivity contribution in [2.45, 2.75) is 59.8 Å². The summed E-state index contributed by atoms with van der Waals surface area (Å²) in [6, 6.07) is 8.01. The van der Waals surface area contributed by atoms with Gasteiger partial charge in [0.15, 0.2) is 0 Å². The SMILES string of the molecule is CCC#C/C=C\C(=C(C)C)c1cccc(Cc2c(O)nc(CCCC)[nH]c2=O)c1. The Bertz CT molecular complexity index is 1010. The normalized spacial score (nSPS) is 10.6. The number of benzene rings is 1. The molecule has 1 aromatic carbocycles. The van der Waals surface area contributed by atoms with Gasteiger partial charge < -0.3 is 10.1 Å². The van der Waals surface area contributed by atoms with Crippen molar-refractivity contribution in [3.63, 3.8) is 0 Å². The maximum absolute atomic E-state index is 12.5. The molecule has 4 nitrogen and oxygen atoms in total. The second kappa shape index (κ2) is 11.1. The average Bonchev–Trinajstić information content (AvgIpc) is 2.69. The summed E-state index contributed by atoms with van der Waals surface area (Å²) >= 11 is 0. The Kier molecular flexibility index (Phi) is 8.48. The quantitative estimate of drug-likeness (QED) is 0.506. The summed E-state index contributed by atoms with van der Waals surface area (Å²) in [5.74, 6) is 6.42. The van der Waals surface area contributed by atoms with E-state index in [1.807, 2.05) is 43.3 Å². The van der Waals surface area contributed by atoms with Crippen molar-refractivity contribution < 1.29 is 5.11 Å². The number of hydrogen-bond donors (Lipinski definition) is 2. The predicted octanol–water partition coefficient (Wildman–Crippen LogP) is 5.17. The number of nitrogens with zero attached hydrogens (tertiary/aromatic N) is 1. The summed E-state index contributed by atoms with van der Waals surface area (Å²) in [6.45, 7) is 8.23. The molecule has 0 aliphatic rings. The van der Waals surface area contributed by atoms with Crippen LogP contribution in [0.15, 0.2) is 46.8 Å².